The molecule has 25 heavy (non-hydrogen) atoms. The third kappa shape index (κ3) is 4.91. The molecule has 0 spiro atoms. The lowest BCUT2D eigenvalue weighted by Crippen LogP contribution is -2.60. The molecule has 1 fully saturated rings. The molecule has 2 rings (SSSR count). The number of carbonyl (C=O) groups excluding carboxylic acids is 3. The van der Waals surface area contributed by atoms with Gasteiger partial charge in [0.1, 0.15) is 6.04 Å². The van der Waals surface area contributed by atoms with Gasteiger partial charge in [-0.25, -0.2) is 9.78 Å². The molecule has 2 heterocycles. The Morgan fingerprint density at radius 2 is 2.20 bits per heavy atom. The quantitative estimate of drug-likeness (QED) is 0.683. The second-order valence-corrected chi connectivity index (χ2v) is 7.07. The summed E-state index contributed by atoms with van der Waals surface area (Å²) >= 11 is 1.60. The maximum Gasteiger partial charge on any atom is 0.318 e. The van der Waals surface area contributed by atoms with Gasteiger partial charge in [-0.3, -0.25) is 9.59 Å². The average molecular weight is 367 g/mol. The van der Waals surface area contributed by atoms with Crippen LogP contribution in [0.1, 0.15) is 35.3 Å². The smallest absolute Gasteiger partial charge is 0.318 e. The highest BCUT2D eigenvalue weighted by molar-refractivity contribution is 7.11. The highest BCUT2D eigenvalue weighted by atomic mass is 32.1. The van der Waals surface area contributed by atoms with E-state index in [0.717, 1.165) is 28.4 Å². The summed E-state index contributed by atoms with van der Waals surface area (Å²) in [7, 11) is 1.51. The number of hydrogen-bond acceptors (Lipinski definition) is 5. The van der Waals surface area contributed by atoms with Gasteiger partial charge in [0.25, 0.3) is 0 Å². The third-order valence-corrected chi connectivity index (χ3v) is 5.27. The van der Waals surface area contributed by atoms with E-state index in [2.05, 4.69) is 27.9 Å². The molecule has 1 aliphatic rings. The first-order chi connectivity index (χ1) is 12.0. The van der Waals surface area contributed by atoms with E-state index in [4.69, 9.17) is 0 Å². The molecular formula is C16H25N5O3S. The first-order valence-electron chi connectivity index (χ1n) is 8.44. The second-order valence-electron chi connectivity index (χ2n) is 5.90. The monoisotopic (exact) mass is 367 g/mol. The van der Waals surface area contributed by atoms with Gasteiger partial charge in [-0.05, 0) is 19.8 Å². The number of aryl methyl sites for hydroxylation is 2. The zero-order valence-corrected chi connectivity index (χ0v) is 15.7. The van der Waals surface area contributed by atoms with Crippen molar-refractivity contribution in [3.05, 3.63) is 15.6 Å². The molecule has 4 amide bonds. The van der Waals surface area contributed by atoms with Gasteiger partial charge in [0.2, 0.25) is 11.8 Å². The van der Waals surface area contributed by atoms with Crippen molar-refractivity contribution in [2.75, 3.05) is 20.1 Å². The predicted molar refractivity (Wildman–Crippen MR) is 95.3 cm³/mol. The number of urea groups is 1. The molecule has 1 aromatic rings. The van der Waals surface area contributed by atoms with E-state index in [9.17, 15) is 14.4 Å². The van der Waals surface area contributed by atoms with Gasteiger partial charge < -0.3 is 20.9 Å². The van der Waals surface area contributed by atoms with Crippen molar-refractivity contribution in [2.24, 2.45) is 0 Å². The summed E-state index contributed by atoms with van der Waals surface area (Å²) in [5.74, 6) is -0.577. The minimum atomic E-state index is -0.785. The molecule has 1 atom stereocenters. The standard InChI is InChI=1S/C16H25N5O3S/c1-4-5-14-20-10(2)12(25-14)9-19-16(24)21-7-6-18-15(23)11(21)8-13(22)17-3/h11H,4-9H2,1-3H3,(H,17,22)(H,18,23)(H,19,24)/t11-/m1/s1. The van der Waals surface area contributed by atoms with Crippen LogP contribution in [0.15, 0.2) is 0 Å². The molecule has 1 saturated heterocycles. The molecule has 0 bridgehead atoms. The first-order valence-corrected chi connectivity index (χ1v) is 9.25. The number of amides is 4. The minimum Gasteiger partial charge on any atom is -0.359 e. The number of thiazole rings is 1. The average Bonchev–Trinajstić information content (AvgIpc) is 2.94. The van der Waals surface area contributed by atoms with E-state index in [1.165, 1.54) is 11.9 Å². The van der Waals surface area contributed by atoms with E-state index >= 15 is 0 Å². The van der Waals surface area contributed by atoms with E-state index in [1.54, 1.807) is 11.3 Å². The number of nitrogens with one attached hydrogen (secondary N) is 3. The van der Waals surface area contributed by atoms with Crippen LogP contribution in [0.2, 0.25) is 0 Å². The number of aromatic nitrogens is 1. The Morgan fingerprint density at radius 3 is 2.88 bits per heavy atom. The summed E-state index contributed by atoms with van der Waals surface area (Å²) in [6, 6.07) is -1.12. The molecule has 3 N–H and O–H groups in total. The van der Waals surface area contributed by atoms with Gasteiger partial charge >= 0.3 is 6.03 Å². The highest BCUT2D eigenvalue weighted by Crippen LogP contribution is 2.19. The van der Waals surface area contributed by atoms with Crippen LogP contribution in [-0.4, -0.2) is 53.9 Å². The summed E-state index contributed by atoms with van der Waals surface area (Å²) < 4.78 is 0. The molecule has 0 radical (unpaired) electrons. The van der Waals surface area contributed by atoms with Crippen LogP contribution in [0.25, 0.3) is 0 Å². The SMILES string of the molecule is CCCc1nc(C)c(CNC(=O)N2CCNC(=O)[C@H]2CC(=O)NC)s1. The summed E-state index contributed by atoms with van der Waals surface area (Å²) in [5, 5.41) is 9.11. The van der Waals surface area contributed by atoms with Crippen LogP contribution >= 0.6 is 11.3 Å². The summed E-state index contributed by atoms with van der Waals surface area (Å²) in [4.78, 5) is 43.1. The number of carbonyl (C=O) groups is 3. The van der Waals surface area contributed by atoms with Crippen molar-refractivity contribution < 1.29 is 14.4 Å². The van der Waals surface area contributed by atoms with Crippen LogP contribution in [0, 0.1) is 6.92 Å². The fourth-order valence-electron chi connectivity index (χ4n) is 2.67. The largest absolute Gasteiger partial charge is 0.359 e. The molecule has 138 valence electrons. The Labute approximate surface area is 151 Å². The lowest BCUT2D eigenvalue weighted by molar-refractivity contribution is -0.132. The Hall–Kier alpha value is -2.16. The van der Waals surface area contributed by atoms with Crippen LogP contribution in [0.3, 0.4) is 0 Å². The normalized spacial score (nSPS) is 17.2. The van der Waals surface area contributed by atoms with Gasteiger partial charge in [-0.2, -0.15) is 0 Å². The zero-order valence-electron chi connectivity index (χ0n) is 14.8. The molecule has 8 nitrogen and oxygen atoms in total. The van der Waals surface area contributed by atoms with Gasteiger partial charge in [0.05, 0.1) is 23.7 Å². The summed E-state index contributed by atoms with van der Waals surface area (Å²) in [6.07, 6.45) is 1.92. The molecule has 0 aliphatic carbocycles. The van der Waals surface area contributed by atoms with Gasteiger partial charge in [-0.1, -0.05) is 6.92 Å². The first kappa shape index (κ1) is 19.2. The Bertz CT molecular complexity index is 646. The van der Waals surface area contributed by atoms with Crippen molar-refractivity contribution in [3.63, 3.8) is 0 Å². The fraction of sp³-hybridized carbons (Fsp3) is 0.625. The number of hydrogen-bond donors (Lipinski definition) is 3. The van der Waals surface area contributed by atoms with E-state index in [1.807, 2.05) is 6.92 Å². The van der Waals surface area contributed by atoms with E-state index < -0.39 is 6.04 Å². The van der Waals surface area contributed by atoms with Gasteiger partial charge in [-0.15, -0.1) is 11.3 Å². The summed E-state index contributed by atoms with van der Waals surface area (Å²) in [5.41, 5.74) is 0.923. The topological polar surface area (TPSA) is 103 Å². The fourth-order valence-corrected chi connectivity index (χ4v) is 3.78. The number of rotatable bonds is 6. The van der Waals surface area contributed by atoms with Crippen LogP contribution in [0.5, 0.6) is 0 Å². The third-order valence-electron chi connectivity index (χ3n) is 4.05. The van der Waals surface area contributed by atoms with Crippen molar-refractivity contribution in [1.29, 1.82) is 0 Å². The summed E-state index contributed by atoms with van der Waals surface area (Å²) in [6.45, 7) is 5.17. The number of piperazine rings is 1. The molecule has 0 unspecified atom stereocenters. The molecule has 9 heteroatoms. The van der Waals surface area contributed by atoms with Crippen LogP contribution in [0.4, 0.5) is 4.79 Å². The second kappa shape index (κ2) is 8.80. The molecular weight excluding hydrogens is 342 g/mol. The predicted octanol–water partition coefficient (Wildman–Crippen LogP) is 0.550. The van der Waals surface area contributed by atoms with Crippen LogP contribution in [-0.2, 0) is 22.6 Å². The van der Waals surface area contributed by atoms with Crippen LogP contribution < -0.4 is 16.0 Å². The van der Waals surface area contributed by atoms with Crippen molar-refractivity contribution in [3.8, 4) is 0 Å². The molecule has 1 aliphatic heterocycles. The Morgan fingerprint density at radius 1 is 1.44 bits per heavy atom. The maximum atomic E-state index is 12.5. The van der Waals surface area contributed by atoms with Crippen molar-refractivity contribution in [2.45, 2.75) is 45.7 Å². The van der Waals surface area contributed by atoms with Gasteiger partial charge in [0.15, 0.2) is 0 Å². The highest BCUT2D eigenvalue weighted by Gasteiger charge is 2.34. The Balaban J connectivity index is 2.00. The number of nitrogens with zero attached hydrogens (tertiary/aromatic N) is 2. The minimum absolute atomic E-state index is 0.0456. The Kier molecular flexibility index (Phi) is 6.74. The molecule has 0 aromatic carbocycles. The lowest BCUT2D eigenvalue weighted by Gasteiger charge is -2.34. The van der Waals surface area contributed by atoms with Crippen molar-refractivity contribution >= 4 is 29.2 Å². The van der Waals surface area contributed by atoms with Crippen molar-refractivity contribution in [1.82, 2.24) is 25.8 Å². The van der Waals surface area contributed by atoms with Gasteiger partial charge in [0, 0.05) is 25.0 Å². The molecule has 0 saturated carbocycles. The van der Waals surface area contributed by atoms with E-state index in [-0.39, 0.29) is 24.3 Å². The lowest BCUT2D eigenvalue weighted by atomic mass is 10.1. The molecule has 1 aromatic heterocycles. The zero-order chi connectivity index (χ0) is 18.4. The maximum absolute atomic E-state index is 12.5. The van der Waals surface area contributed by atoms with E-state index in [0.29, 0.717) is 19.6 Å².